The van der Waals surface area contributed by atoms with Crippen molar-refractivity contribution < 1.29 is 9.53 Å². The van der Waals surface area contributed by atoms with Crippen LogP contribution in [0.5, 0.6) is 0 Å². The van der Waals surface area contributed by atoms with E-state index >= 15 is 0 Å². The molecule has 0 fully saturated rings. The first kappa shape index (κ1) is 17.7. The maximum Gasteiger partial charge on any atom is 0.330 e. The number of rotatable bonds is 6. The molecule has 1 aromatic rings. The summed E-state index contributed by atoms with van der Waals surface area (Å²) in [6.07, 6.45) is 0.967. The molecule has 0 aliphatic heterocycles. The Hall–Kier alpha value is -1.35. The van der Waals surface area contributed by atoms with Gasteiger partial charge in [0, 0.05) is 0 Å². The molecule has 1 N–H and O–H groups in total. The molecule has 1 atom stereocenters. The minimum Gasteiger partial charge on any atom is -0.464 e. The Kier molecular flexibility index (Phi) is 5.97. The predicted octanol–water partition coefficient (Wildman–Crippen LogP) is 3.76. The molecule has 1 unspecified atom stereocenters. The Morgan fingerprint density at radius 1 is 1.05 bits per heavy atom. The normalized spacial score (nSPS) is 14.6. The van der Waals surface area contributed by atoms with Crippen LogP contribution in [0.2, 0.25) is 0 Å². The Morgan fingerprint density at radius 3 is 2.00 bits per heavy atom. The number of carbonyl (C=O) groups is 1. The largest absolute Gasteiger partial charge is 0.464 e. The van der Waals surface area contributed by atoms with Gasteiger partial charge in [0.15, 0.2) is 0 Å². The monoisotopic (exact) mass is 291 g/mol. The van der Waals surface area contributed by atoms with Crippen LogP contribution in [0.15, 0.2) is 24.3 Å². The highest BCUT2D eigenvalue weighted by molar-refractivity contribution is 5.82. The maximum absolute atomic E-state index is 12.4. The number of benzene rings is 1. The van der Waals surface area contributed by atoms with E-state index in [-0.39, 0.29) is 11.4 Å². The fourth-order valence-electron chi connectivity index (χ4n) is 2.25. The van der Waals surface area contributed by atoms with Gasteiger partial charge in [-0.2, -0.15) is 0 Å². The first-order valence-corrected chi connectivity index (χ1v) is 7.79. The Morgan fingerprint density at radius 2 is 1.57 bits per heavy atom. The molecular weight excluding hydrogens is 262 g/mol. The summed E-state index contributed by atoms with van der Waals surface area (Å²) in [7, 11) is 0. The van der Waals surface area contributed by atoms with Crippen molar-refractivity contribution in [3.63, 3.8) is 0 Å². The van der Waals surface area contributed by atoms with Crippen LogP contribution in [0.25, 0.3) is 0 Å². The Bertz CT molecular complexity index is 459. The van der Waals surface area contributed by atoms with Crippen molar-refractivity contribution in [3.8, 4) is 0 Å². The molecule has 118 valence electrons. The molecule has 1 aromatic carbocycles. The molecule has 21 heavy (non-hydrogen) atoms. The lowest BCUT2D eigenvalue weighted by atomic mass is 9.84. The van der Waals surface area contributed by atoms with Gasteiger partial charge in [0.2, 0.25) is 0 Å². The summed E-state index contributed by atoms with van der Waals surface area (Å²) < 4.78 is 5.25. The summed E-state index contributed by atoms with van der Waals surface area (Å²) in [4.78, 5) is 12.4. The molecule has 0 aliphatic carbocycles. The van der Waals surface area contributed by atoms with E-state index in [4.69, 9.17) is 4.74 Å². The zero-order valence-electron chi connectivity index (χ0n) is 14.2. The summed E-state index contributed by atoms with van der Waals surface area (Å²) in [5, 5.41) is 3.33. The lowest BCUT2D eigenvalue weighted by Gasteiger charge is -2.30. The first-order valence-electron chi connectivity index (χ1n) is 7.79. The minimum absolute atomic E-state index is 0.107. The maximum atomic E-state index is 12.4. The third kappa shape index (κ3) is 4.31. The topological polar surface area (TPSA) is 38.3 Å². The predicted molar refractivity (Wildman–Crippen MR) is 87.4 cm³/mol. The van der Waals surface area contributed by atoms with E-state index in [0.717, 1.165) is 18.5 Å². The van der Waals surface area contributed by atoms with Crippen molar-refractivity contribution in [3.05, 3.63) is 35.4 Å². The summed E-state index contributed by atoms with van der Waals surface area (Å²) in [6, 6.07) is 8.25. The SMILES string of the molecule is CCCNC(C)(C(=O)OCC)c1ccc(C(C)(C)C)cc1. The molecule has 0 saturated carbocycles. The summed E-state index contributed by atoms with van der Waals surface area (Å²) in [6.45, 7) is 13.5. The smallest absolute Gasteiger partial charge is 0.330 e. The average molecular weight is 291 g/mol. The second-order valence-corrected chi connectivity index (χ2v) is 6.60. The highest BCUT2D eigenvalue weighted by atomic mass is 16.5. The van der Waals surface area contributed by atoms with Crippen molar-refractivity contribution in [2.24, 2.45) is 0 Å². The van der Waals surface area contributed by atoms with E-state index < -0.39 is 5.54 Å². The highest BCUT2D eigenvalue weighted by Crippen LogP contribution is 2.27. The first-order chi connectivity index (χ1) is 9.75. The molecule has 1 rings (SSSR count). The molecule has 0 bridgehead atoms. The molecule has 0 saturated heterocycles. The number of esters is 1. The van der Waals surface area contributed by atoms with Crippen LogP contribution >= 0.6 is 0 Å². The number of nitrogens with one attached hydrogen (secondary N) is 1. The summed E-state index contributed by atoms with van der Waals surface area (Å²) in [5.74, 6) is -0.220. The van der Waals surface area contributed by atoms with Crippen LogP contribution in [0.1, 0.15) is 59.1 Å². The lowest BCUT2D eigenvalue weighted by Crippen LogP contribution is -2.48. The second-order valence-electron chi connectivity index (χ2n) is 6.60. The van der Waals surface area contributed by atoms with Gasteiger partial charge >= 0.3 is 5.97 Å². The summed E-state index contributed by atoms with van der Waals surface area (Å²) >= 11 is 0. The van der Waals surface area contributed by atoms with Gasteiger partial charge in [-0.1, -0.05) is 52.0 Å². The Labute approximate surface area is 129 Å². The molecule has 0 heterocycles. The quantitative estimate of drug-likeness (QED) is 0.811. The molecule has 0 aromatic heterocycles. The van der Waals surface area contributed by atoms with Gasteiger partial charge in [-0.25, -0.2) is 4.79 Å². The van der Waals surface area contributed by atoms with Crippen molar-refractivity contribution in [2.75, 3.05) is 13.2 Å². The zero-order chi connectivity index (χ0) is 16.1. The standard InChI is InChI=1S/C18H29NO2/c1-7-13-19-18(6,16(20)21-8-2)15-11-9-14(10-12-15)17(3,4)5/h9-12,19H,7-8,13H2,1-6H3. The van der Waals surface area contributed by atoms with Crippen molar-refractivity contribution in [2.45, 2.75) is 58.9 Å². The second kappa shape index (κ2) is 7.08. The third-order valence-electron chi connectivity index (χ3n) is 3.74. The molecule has 3 nitrogen and oxygen atoms in total. The molecular formula is C18H29NO2. The molecule has 3 heteroatoms. The van der Waals surface area contributed by atoms with Gasteiger partial charge in [0.05, 0.1) is 6.61 Å². The van der Waals surface area contributed by atoms with E-state index in [9.17, 15) is 4.79 Å². The molecule has 0 spiro atoms. The van der Waals surface area contributed by atoms with Gasteiger partial charge in [-0.05, 0) is 43.4 Å². The van der Waals surface area contributed by atoms with Crippen LogP contribution in [0.4, 0.5) is 0 Å². The van der Waals surface area contributed by atoms with Crippen molar-refractivity contribution in [1.82, 2.24) is 5.32 Å². The summed E-state index contributed by atoms with van der Waals surface area (Å²) in [5.41, 5.74) is 1.52. The lowest BCUT2D eigenvalue weighted by molar-refractivity contribution is -0.151. The van der Waals surface area contributed by atoms with Crippen LogP contribution in [-0.4, -0.2) is 19.1 Å². The Balaban J connectivity index is 3.11. The van der Waals surface area contributed by atoms with E-state index in [1.807, 2.05) is 26.0 Å². The highest BCUT2D eigenvalue weighted by Gasteiger charge is 2.36. The van der Waals surface area contributed by atoms with E-state index in [1.54, 1.807) is 0 Å². The van der Waals surface area contributed by atoms with Crippen LogP contribution < -0.4 is 5.32 Å². The van der Waals surface area contributed by atoms with E-state index in [0.29, 0.717) is 6.61 Å². The molecule has 0 amide bonds. The molecule has 0 aliphatic rings. The van der Waals surface area contributed by atoms with Gasteiger partial charge in [0.1, 0.15) is 5.54 Å². The van der Waals surface area contributed by atoms with E-state index in [1.165, 1.54) is 5.56 Å². The van der Waals surface area contributed by atoms with Crippen molar-refractivity contribution in [1.29, 1.82) is 0 Å². The van der Waals surface area contributed by atoms with Gasteiger partial charge < -0.3 is 4.74 Å². The van der Waals surface area contributed by atoms with Crippen LogP contribution in [0.3, 0.4) is 0 Å². The third-order valence-corrected chi connectivity index (χ3v) is 3.74. The number of hydrogen-bond acceptors (Lipinski definition) is 3. The van der Waals surface area contributed by atoms with Gasteiger partial charge in [0.25, 0.3) is 0 Å². The van der Waals surface area contributed by atoms with Crippen LogP contribution in [-0.2, 0) is 20.5 Å². The molecule has 0 radical (unpaired) electrons. The average Bonchev–Trinajstić information content (AvgIpc) is 2.44. The van der Waals surface area contributed by atoms with Gasteiger partial charge in [-0.3, -0.25) is 5.32 Å². The number of carbonyl (C=O) groups excluding carboxylic acids is 1. The van der Waals surface area contributed by atoms with Crippen molar-refractivity contribution >= 4 is 5.97 Å². The number of hydrogen-bond donors (Lipinski definition) is 1. The fourth-order valence-corrected chi connectivity index (χ4v) is 2.25. The zero-order valence-corrected chi connectivity index (χ0v) is 14.2. The van der Waals surface area contributed by atoms with E-state index in [2.05, 4.69) is 45.1 Å². The van der Waals surface area contributed by atoms with Gasteiger partial charge in [-0.15, -0.1) is 0 Å². The fraction of sp³-hybridized carbons (Fsp3) is 0.611. The minimum atomic E-state index is -0.789. The van der Waals surface area contributed by atoms with Crippen LogP contribution in [0, 0.1) is 0 Å². The number of ether oxygens (including phenoxy) is 1.